The van der Waals surface area contributed by atoms with Gasteiger partial charge in [0, 0.05) is 12.9 Å². The highest BCUT2D eigenvalue weighted by Gasteiger charge is 2.40. The van der Waals surface area contributed by atoms with Crippen molar-refractivity contribution in [3.8, 4) is 0 Å². The zero-order valence-electron chi connectivity index (χ0n) is 11.4. The molecule has 0 radical (unpaired) electrons. The average molecular weight is 342 g/mol. The molecule has 0 saturated carbocycles. The molecule has 0 bridgehead atoms. The van der Waals surface area contributed by atoms with Gasteiger partial charge in [-0.05, 0) is 12.8 Å². The van der Waals surface area contributed by atoms with Crippen molar-refractivity contribution in [3.63, 3.8) is 0 Å². The molecule has 0 heterocycles. The molecular formula is C11H16F6O3S. The summed E-state index contributed by atoms with van der Waals surface area (Å²) in [5.41, 5.74) is 0. The number of esters is 1. The van der Waals surface area contributed by atoms with Crippen LogP contribution >= 0.6 is 11.8 Å². The number of thioether (sulfide) groups is 1. The second kappa shape index (κ2) is 8.72. The van der Waals surface area contributed by atoms with Crippen molar-refractivity contribution >= 4 is 17.7 Å². The van der Waals surface area contributed by atoms with E-state index in [0.29, 0.717) is 11.8 Å². The van der Waals surface area contributed by atoms with E-state index in [9.17, 15) is 31.1 Å². The van der Waals surface area contributed by atoms with E-state index >= 15 is 0 Å². The Morgan fingerprint density at radius 3 is 2.05 bits per heavy atom. The van der Waals surface area contributed by atoms with Gasteiger partial charge in [-0.1, -0.05) is 0 Å². The van der Waals surface area contributed by atoms with Crippen LogP contribution in [0.3, 0.4) is 0 Å². The first kappa shape index (κ1) is 20.4. The number of halogens is 6. The second-order valence-corrected chi connectivity index (χ2v) is 5.40. The summed E-state index contributed by atoms with van der Waals surface area (Å²) in [5, 5.41) is -1.09. The zero-order valence-corrected chi connectivity index (χ0v) is 12.2. The van der Waals surface area contributed by atoms with Crippen LogP contribution in [-0.4, -0.2) is 49.6 Å². The van der Waals surface area contributed by atoms with Crippen molar-refractivity contribution < 1.29 is 40.6 Å². The monoisotopic (exact) mass is 342 g/mol. The molecule has 0 saturated heterocycles. The van der Waals surface area contributed by atoms with Crippen LogP contribution in [0, 0.1) is 0 Å². The summed E-state index contributed by atoms with van der Waals surface area (Å²) in [7, 11) is 1.90. The number of hydrogen-bond donors (Lipinski definition) is 0. The van der Waals surface area contributed by atoms with Crippen LogP contribution in [-0.2, 0) is 14.3 Å². The van der Waals surface area contributed by atoms with Gasteiger partial charge in [-0.25, -0.2) is 0 Å². The standard InChI is InChI=1S/C11H16F6O3S/c1-19-8(11(15,16)17)4-3-7(9(18)20-2)21-6-5-10(12,13)14/h7-8H,3-6H2,1-2H3. The van der Waals surface area contributed by atoms with Crippen molar-refractivity contribution in [2.75, 3.05) is 20.0 Å². The van der Waals surface area contributed by atoms with E-state index in [1.54, 1.807) is 0 Å². The molecule has 3 nitrogen and oxygen atoms in total. The number of hydrogen-bond acceptors (Lipinski definition) is 4. The molecule has 0 aromatic carbocycles. The van der Waals surface area contributed by atoms with Gasteiger partial charge >= 0.3 is 18.3 Å². The van der Waals surface area contributed by atoms with Gasteiger partial charge in [-0.3, -0.25) is 4.79 Å². The lowest BCUT2D eigenvalue weighted by Gasteiger charge is -2.21. The molecule has 0 aromatic rings. The SMILES string of the molecule is COC(=O)C(CCC(OC)C(F)(F)F)SCCC(F)(F)F. The Labute approximate surface area is 122 Å². The van der Waals surface area contributed by atoms with Crippen LogP contribution in [0.2, 0.25) is 0 Å². The third kappa shape index (κ3) is 9.07. The second-order valence-electron chi connectivity index (χ2n) is 4.09. The van der Waals surface area contributed by atoms with E-state index in [1.165, 1.54) is 0 Å². The van der Waals surface area contributed by atoms with Crippen LogP contribution in [0.5, 0.6) is 0 Å². The predicted octanol–water partition coefficient (Wildman–Crippen LogP) is 3.57. The number of carbonyl (C=O) groups excluding carboxylic acids is 1. The van der Waals surface area contributed by atoms with Crippen molar-refractivity contribution in [2.24, 2.45) is 0 Å². The van der Waals surface area contributed by atoms with E-state index in [4.69, 9.17) is 0 Å². The quantitative estimate of drug-likeness (QED) is 0.499. The Hall–Kier alpha value is -0.640. The van der Waals surface area contributed by atoms with E-state index in [0.717, 1.165) is 14.2 Å². The number of methoxy groups -OCH3 is 2. The van der Waals surface area contributed by atoms with Crippen LogP contribution in [0.4, 0.5) is 26.3 Å². The van der Waals surface area contributed by atoms with E-state index in [-0.39, 0.29) is 6.42 Å². The largest absolute Gasteiger partial charge is 0.468 e. The van der Waals surface area contributed by atoms with Gasteiger partial charge in [0.25, 0.3) is 0 Å². The lowest BCUT2D eigenvalue weighted by atomic mass is 10.1. The molecule has 21 heavy (non-hydrogen) atoms. The predicted molar refractivity (Wildman–Crippen MR) is 65.0 cm³/mol. The molecule has 0 aliphatic rings. The van der Waals surface area contributed by atoms with Crippen LogP contribution < -0.4 is 0 Å². The van der Waals surface area contributed by atoms with Gasteiger partial charge in [0.05, 0.1) is 13.5 Å². The Bertz CT molecular complexity index is 318. The minimum Gasteiger partial charge on any atom is -0.468 e. The van der Waals surface area contributed by atoms with Crippen molar-refractivity contribution in [2.45, 2.75) is 43.0 Å². The third-order valence-electron chi connectivity index (χ3n) is 2.51. The summed E-state index contributed by atoms with van der Waals surface area (Å²) in [4.78, 5) is 11.4. The van der Waals surface area contributed by atoms with Crippen LogP contribution in [0.25, 0.3) is 0 Å². The maximum absolute atomic E-state index is 12.5. The number of alkyl halides is 6. The molecule has 10 heteroatoms. The van der Waals surface area contributed by atoms with Gasteiger partial charge in [-0.15, -0.1) is 11.8 Å². The Morgan fingerprint density at radius 2 is 1.67 bits per heavy atom. The first-order valence-corrected chi connectivity index (χ1v) is 6.91. The molecule has 0 aliphatic heterocycles. The highest BCUT2D eigenvalue weighted by Crippen LogP contribution is 2.30. The lowest BCUT2D eigenvalue weighted by Crippen LogP contribution is -2.32. The van der Waals surface area contributed by atoms with Gasteiger partial charge in [-0.2, -0.15) is 26.3 Å². The summed E-state index contributed by atoms with van der Waals surface area (Å²) in [6.45, 7) is 0. The smallest absolute Gasteiger partial charge is 0.414 e. The Balaban J connectivity index is 4.47. The third-order valence-corrected chi connectivity index (χ3v) is 3.78. The minimum absolute atomic E-state index is 0.285. The fraction of sp³-hybridized carbons (Fsp3) is 0.909. The van der Waals surface area contributed by atoms with Gasteiger partial charge in [0.1, 0.15) is 5.25 Å². The van der Waals surface area contributed by atoms with Crippen LogP contribution in [0.15, 0.2) is 0 Å². The van der Waals surface area contributed by atoms with Crippen molar-refractivity contribution in [3.05, 3.63) is 0 Å². The molecule has 0 amide bonds. The summed E-state index contributed by atoms with van der Waals surface area (Å²) in [5.74, 6) is -1.27. The van der Waals surface area contributed by atoms with Gasteiger partial charge in [0.2, 0.25) is 0 Å². The maximum Gasteiger partial charge on any atom is 0.414 e. The average Bonchev–Trinajstić information content (AvgIpc) is 2.33. The van der Waals surface area contributed by atoms with Crippen molar-refractivity contribution in [1.29, 1.82) is 0 Å². The van der Waals surface area contributed by atoms with Crippen LogP contribution in [0.1, 0.15) is 19.3 Å². The molecule has 2 atom stereocenters. The summed E-state index contributed by atoms with van der Waals surface area (Å²) in [6, 6.07) is 0. The maximum atomic E-state index is 12.5. The molecular weight excluding hydrogens is 326 g/mol. The fourth-order valence-corrected chi connectivity index (χ4v) is 2.60. The Morgan fingerprint density at radius 1 is 1.10 bits per heavy atom. The summed E-state index contributed by atoms with van der Waals surface area (Å²) in [6.07, 6.45) is -13.0. The molecule has 0 rings (SSSR count). The van der Waals surface area contributed by atoms with E-state index < -0.39 is 48.3 Å². The fourth-order valence-electron chi connectivity index (χ4n) is 1.44. The van der Waals surface area contributed by atoms with E-state index in [2.05, 4.69) is 9.47 Å². The summed E-state index contributed by atoms with van der Waals surface area (Å²) >= 11 is 0.627. The number of ether oxygens (including phenoxy) is 2. The lowest BCUT2D eigenvalue weighted by molar-refractivity contribution is -0.214. The highest BCUT2D eigenvalue weighted by atomic mass is 32.2. The topological polar surface area (TPSA) is 35.5 Å². The zero-order chi connectivity index (χ0) is 16.7. The first-order valence-electron chi connectivity index (χ1n) is 5.87. The molecule has 0 aromatic heterocycles. The Kier molecular flexibility index (Phi) is 8.45. The number of carbonyl (C=O) groups is 1. The molecule has 0 N–H and O–H groups in total. The highest BCUT2D eigenvalue weighted by molar-refractivity contribution is 8.00. The molecule has 0 fully saturated rings. The van der Waals surface area contributed by atoms with Gasteiger partial charge < -0.3 is 9.47 Å². The first-order chi connectivity index (χ1) is 9.51. The molecule has 0 spiro atoms. The van der Waals surface area contributed by atoms with E-state index in [1.807, 2.05) is 0 Å². The normalized spacial score (nSPS) is 15.6. The minimum atomic E-state index is -4.59. The molecule has 126 valence electrons. The number of rotatable bonds is 8. The summed E-state index contributed by atoms with van der Waals surface area (Å²) < 4.78 is 82.1. The van der Waals surface area contributed by atoms with Crippen molar-refractivity contribution in [1.82, 2.24) is 0 Å². The van der Waals surface area contributed by atoms with Gasteiger partial charge in [0.15, 0.2) is 6.10 Å². The molecule has 0 aliphatic carbocycles. The molecule has 2 unspecified atom stereocenters.